The third kappa shape index (κ3) is 3.36. The van der Waals surface area contributed by atoms with Gasteiger partial charge in [-0.25, -0.2) is 9.97 Å². The van der Waals surface area contributed by atoms with E-state index in [2.05, 4.69) is 34.0 Å². The molecule has 5 rings (SSSR count). The van der Waals surface area contributed by atoms with Gasteiger partial charge in [-0.2, -0.15) is 0 Å². The van der Waals surface area contributed by atoms with Gasteiger partial charge in [0.15, 0.2) is 5.82 Å². The average Bonchev–Trinajstić information content (AvgIpc) is 3.10. The van der Waals surface area contributed by atoms with Crippen LogP contribution in [0.5, 0.6) is 0 Å². The highest BCUT2D eigenvalue weighted by Crippen LogP contribution is 2.39. The second kappa shape index (κ2) is 7.80. The van der Waals surface area contributed by atoms with E-state index in [-0.39, 0.29) is 11.7 Å². The van der Waals surface area contributed by atoms with Crippen molar-refractivity contribution >= 4 is 34.2 Å². The number of piperidine rings is 1. The summed E-state index contributed by atoms with van der Waals surface area (Å²) in [7, 11) is 2.16. The highest BCUT2D eigenvalue weighted by molar-refractivity contribution is 6.34. The Morgan fingerprint density at radius 1 is 1.23 bits per heavy atom. The number of aromatic nitrogens is 3. The molecule has 2 fully saturated rings. The molecule has 1 aromatic carbocycles. The first-order valence-corrected chi connectivity index (χ1v) is 11.2. The fraction of sp³-hybridized carbons (Fsp3) is 0.435. The summed E-state index contributed by atoms with van der Waals surface area (Å²) in [4.78, 5) is 26.1. The predicted octanol–water partition coefficient (Wildman–Crippen LogP) is 3.62. The summed E-state index contributed by atoms with van der Waals surface area (Å²) in [5, 5.41) is 1.42. The Balaban J connectivity index is 1.74. The summed E-state index contributed by atoms with van der Waals surface area (Å²) >= 11 is 6.44. The van der Waals surface area contributed by atoms with Gasteiger partial charge in [0.25, 0.3) is 5.91 Å². The highest BCUT2D eigenvalue weighted by Gasteiger charge is 2.32. The summed E-state index contributed by atoms with van der Waals surface area (Å²) in [6.07, 6.45) is 6.68. The molecule has 2 N–H and O–H groups in total. The second-order valence-corrected chi connectivity index (χ2v) is 9.12. The zero-order chi connectivity index (χ0) is 21.7. The van der Waals surface area contributed by atoms with Gasteiger partial charge in [-0.05, 0) is 69.0 Å². The van der Waals surface area contributed by atoms with Gasteiger partial charge in [-0.15, -0.1) is 0 Å². The average molecular weight is 439 g/mol. The molecule has 1 atom stereocenters. The number of carbonyl (C=O) groups excluding carboxylic acids is 1. The number of likely N-dealkylation sites (tertiary alicyclic amines) is 2. The lowest BCUT2D eigenvalue weighted by atomic mass is 9.83. The summed E-state index contributed by atoms with van der Waals surface area (Å²) in [5.74, 6) is 1.27. The quantitative estimate of drug-likeness (QED) is 0.675. The number of likely N-dealkylation sites (N-methyl/N-ethyl adjacent to an activating group) is 1. The molecule has 2 saturated heterocycles. The van der Waals surface area contributed by atoms with Crippen molar-refractivity contribution in [1.29, 1.82) is 0 Å². The number of fused-ring (bicyclic) bond motifs is 1. The van der Waals surface area contributed by atoms with Crippen LogP contribution in [-0.4, -0.2) is 63.5 Å². The van der Waals surface area contributed by atoms with Crippen LogP contribution in [0.3, 0.4) is 0 Å². The SMILES string of the molecule is Cc1cc2c(ccn2-c2ncnc(N)c2Cl)c(C2CCCN(C)C2)c1C(=O)N1CCC1. The standard InChI is InChI=1S/C23H27ClN6O/c1-14-11-17-16(6-10-30(17)22-20(24)21(25)26-13-27-22)19(15-5-3-7-28(2)12-15)18(14)23(31)29-8-4-9-29/h6,10-11,13,15H,3-5,7-9,12H2,1-2H3,(H2,25,26,27). The molecule has 3 aromatic rings. The van der Waals surface area contributed by atoms with Crippen molar-refractivity contribution in [3.05, 3.63) is 46.4 Å². The fourth-order valence-electron chi connectivity index (χ4n) is 4.96. The number of benzene rings is 1. The third-order valence-electron chi connectivity index (χ3n) is 6.65. The Kier molecular flexibility index (Phi) is 5.10. The van der Waals surface area contributed by atoms with Crippen LogP contribution in [0.25, 0.3) is 16.7 Å². The Labute approximate surface area is 186 Å². The molecule has 2 aliphatic heterocycles. The topological polar surface area (TPSA) is 80.3 Å². The lowest BCUT2D eigenvalue weighted by Crippen LogP contribution is -2.43. The molecule has 2 aromatic heterocycles. The number of rotatable bonds is 3. The first-order valence-electron chi connectivity index (χ1n) is 10.8. The number of carbonyl (C=O) groups is 1. The van der Waals surface area contributed by atoms with Crippen LogP contribution < -0.4 is 5.73 Å². The second-order valence-electron chi connectivity index (χ2n) is 8.74. The lowest BCUT2D eigenvalue weighted by Gasteiger charge is -2.35. The summed E-state index contributed by atoms with van der Waals surface area (Å²) < 4.78 is 1.95. The Morgan fingerprint density at radius 3 is 2.74 bits per heavy atom. The van der Waals surface area contributed by atoms with Crippen LogP contribution in [0.15, 0.2) is 24.7 Å². The number of halogens is 1. The van der Waals surface area contributed by atoms with E-state index < -0.39 is 0 Å². The smallest absolute Gasteiger partial charge is 0.254 e. The van der Waals surface area contributed by atoms with Gasteiger partial charge in [0.05, 0.1) is 5.52 Å². The van der Waals surface area contributed by atoms with Gasteiger partial charge in [-0.3, -0.25) is 9.36 Å². The van der Waals surface area contributed by atoms with Crippen molar-refractivity contribution in [3.8, 4) is 5.82 Å². The minimum atomic E-state index is 0.158. The van der Waals surface area contributed by atoms with E-state index in [1.54, 1.807) is 0 Å². The van der Waals surface area contributed by atoms with Crippen molar-refractivity contribution < 1.29 is 4.79 Å². The Morgan fingerprint density at radius 2 is 2.03 bits per heavy atom. The summed E-state index contributed by atoms with van der Waals surface area (Å²) in [6, 6.07) is 4.16. The summed E-state index contributed by atoms with van der Waals surface area (Å²) in [5.41, 5.74) is 9.94. The molecule has 0 aliphatic carbocycles. The number of hydrogen-bond donors (Lipinski definition) is 1. The lowest BCUT2D eigenvalue weighted by molar-refractivity contribution is 0.0649. The van der Waals surface area contributed by atoms with Gasteiger partial charge in [0.2, 0.25) is 0 Å². The maximum atomic E-state index is 13.5. The van der Waals surface area contributed by atoms with Crippen molar-refractivity contribution in [3.63, 3.8) is 0 Å². The van der Waals surface area contributed by atoms with Crippen LogP contribution >= 0.6 is 11.6 Å². The molecule has 0 spiro atoms. The van der Waals surface area contributed by atoms with E-state index in [9.17, 15) is 4.79 Å². The van der Waals surface area contributed by atoms with E-state index in [1.807, 2.05) is 22.6 Å². The number of nitrogens with zero attached hydrogens (tertiary/aromatic N) is 5. The number of hydrogen-bond acceptors (Lipinski definition) is 5. The molecule has 7 nitrogen and oxygen atoms in total. The van der Waals surface area contributed by atoms with Crippen LogP contribution in [0, 0.1) is 6.92 Å². The van der Waals surface area contributed by atoms with Crippen LogP contribution in [0.4, 0.5) is 5.82 Å². The molecule has 8 heteroatoms. The zero-order valence-electron chi connectivity index (χ0n) is 17.9. The van der Waals surface area contributed by atoms with Crippen LogP contribution in [0.1, 0.15) is 46.7 Å². The van der Waals surface area contributed by atoms with E-state index in [0.29, 0.717) is 16.8 Å². The molecule has 0 saturated carbocycles. The van der Waals surface area contributed by atoms with Crippen molar-refractivity contribution in [1.82, 2.24) is 24.3 Å². The molecule has 31 heavy (non-hydrogen) atoms. The van der Waals surface area contributed by atoms with Gasteiger partial charge in [0, 0.05) is 36.8 Å². The molecule has 2 aliphatic rings. The van der Waals surface area contributed by atoms with Gasteiger partial charge in [0.1, 0.15) is 17.2 Å². The molecule has 1 amide bonds. The molecule has 0 radical (unpaired) electrons. The number of amides is 1. The number of anilines is 1. The maximum absolute atomic E-state index is 13.5. The normalized spacial score (nSPS) is 19.6. The molecule has 1 unspecified atom stereocenters. The van der Waals surface area contributed by atoms with Gasteiger partial charge in [-0.1, -0.05) is 11.6 Å². The Bertz CT molecular complexity index is 1170. The van der Waals surface area contributed by atoms with Crippen LogP contribution in [0.2, 0.25) is 5.02 Å². The van der Waals surface area contributed by atoms with Gasteiger partial charge >= 0.3 is 0 Å². The summed E-state index contributed by atoms with van der Waals surface area (Å²) in [6.45, 7) is 5.77. The molecular formula is C23H27ClN6O. The van der Waals surface area contributed by atoms with E-state index in [0.717, 1.165) is 73.0 Å². The first-order chi connectivity index (χ1) is 15.0. The molecule has 162 valence electrons. The number of nitrogens with two attached hydrogens (primary N) is 1. The monoisotopic (exact) mass is 438 g/mol. The van der Waals surface area contributed by atoms with E-state index in [1.165, 1.54) is 6.33 Å². The fourth-order valence-corrected chi connectivity index (χ4v) is 5.15. The predicted molar refractivity (Wildman–Crippen MR) is 123 cm³/mol. The third-order valence-corrected chi connectivity index (χ3v) is 7.01. The van der Waals surface area contributed by atoms with Gasteiger partial charge < -0.3 is 15.5 Å². The van der Waals surface area contributed by atoms with Crippen molar-refractivity contribution in [2.75, 3.05) is 39.0 Å². The highest BCUT2D eigenvalue weighted by atomic mass is 35.5. The van der Waals surface area contributed by atoms with E-state index in [4.69, 9.17) is 17.3 Å². The molecule has 4 heterocycles. The van der Waals surface area contributed by atoms with Crippen LogP contribution in [-0.2, 0) is 0 Å². The minimum absolute atomic E-state index is 0.158. The Hall–Kier alpha value is -2.64. The molecular weight excluding hydrogens is 412 g/mol. The largest absolute Gasteiger partial charge is 0.382 e. The van der Waals surface area contributed by atoms with Crippen molar-refractivity contribution in [2.45, 2.75) is 32.1 Å². The maximum Gasteiger partial charge on any atom is 0.254 e. The number of aryl methyl sites for hydroxylation is 1. The zero-order valence-corrected chi connectivity index (χ0v) is 18.7. The number of nitrogen functional groups attached to an aromatic ring is 1. The van der Waals surface area contributed by atoms with Crippen molar-refractivity contribution in [2.24, 2.45) is 0 Å². The van der Waals surface area contributed by atoms with E-state index >= 15 is 0 Å². The minimum Gasteiger partial charge on any atom is -0.382 e. The first kappa shape index (κ1) is 20.3. The molecule has 0 bridgehead atoms.